The molecular formula is C13H9F2N3O3S3. The molecule has 3 rings (SSSR count). The molecule has 1 aromatic carbocycles. The number of aryl methyl sites for hydroxylation is 1. The van der Waals surface area contributed by atoms with Crippen LogP contribution in [0.25, 0.3) is 16.4 Å². The van der Waals surface area contributed by atoms with E-state index in [1.165, 1.54) is 21.3 Å². The maximum atomic E-state index is 14.0. The average molecular weight is 389 g/mol. The topological polar surface area (TPSA) is 95.0 Å². The van der Waals surface area contributed by atoms with Crippen molar-refractivity contribution in [2.24, 2.45) is 5.14 Å². The van der Waals surface area contributed by atoms with Crippen LogP contribution in [0.2, 0.25) is 0 Å². The molecule has 0 aliphatic rings. The first-order valence-corrected chi connectivity index (χ1v) is 9.64. The van der Waals surface area contributed by atoms with Crippen molar-refractivity contribution in [2.45, 2.75) is 11.8 Å². The molecule has 0 atom stereocenters. The van der Waals surface area contributed by atoms with E-state index in [-0.39, 0.29) is 16.1 Å². The van der Waals surface area contributed by atoms with E-state index in [2.05, 4.69) is 4.98 Å². The van der Waals surface area contributed by atoms with Crippen molar-refractivity contribution in [3.05, 3.63) is 49.9 Å². The summed E-state index contributed by atoms with van der Waals surface area (Å²) < 4.78 is 51.8. The van der Waals surface area contributed by atoms with Gasteiger partial charge < -0.3 is 0 Å². The molecule has 0 spiro atoms. The zero-order chi connectivity index (χ0) is 17.6. The summed E-state index contributed by atoms with van der Waals surface area (Å²) >= 11 is 2.04. The minimum Gasteiger partial charge on any atom is -0.256 e. The maximum Gasteiger partial charge on any atom is 0.313 e. The van der Waals surface area contributed by atoms with E-state index < -0.39 is 26.6 Å². The minimum atomic E-state index is -4.54. The Morgan fingerprint density at radius 1 is 1.17 bits per heavy atom. The summed E-state index contributed by atoms with van der Waals surface area (Å²) in [7, 11) is -4.54. The molecule has 0 aliphatic carbocycles. The first kappa shape index (κ1) is 16.9. The second-order valence-corrected chi connectivity index (χ2v) is 7.96. The number of hydrogen-bond acceptors (Lipinski definition) is 6. The predicted molar refractivity (Wildman–Crippen MR) is 87.1 cm³/mol. The zero-order valence-electron chi connectivity index (χ0n) is 12.0. The molecule has 11 heteroatoms. The maximum absolute atomic E-state index is 14.0. The molecule has 2 heterocycles. The lowest BCUT2D eigenvalue weighted by molar-refractivity contribution is 0.520. The molecular weight excluding hydrogens is 380 g/mol. The van der Waals surface area contributed by atoms with Crippen molar-refractivity contribution < 1.29 is 17.2 Å². The number of nitrogens with zero attached hydrogens (tertiary/aromatic N) is 2. The van der Waals surface area contributed by atoms with E-state index >= 15 is 0 Å². The minimum absolute atomic E-state index is 0.00334. The summed E-state index contributed by atoms with van der Waals surface area (Å²) in [6.07, 6.45) is 0. The monoisotopic (exact) mass is 389 g/mol. The molecule has 24 heavy (non-hydrogen) atoms. The Morgan fingerprint density at radius 2 is 1.79 bits per heavy atom. The molecule has 126 valence electrons. The fraction of sp³-hybridized carbons (Fsp3) is 0.0769. The van der Waals surface area contributed by atoms with Crippen LogP contribution in [0.5, 0.6) is 0 Å². The normalized spacial score (nSPS) is 11.8. The Hall–Kier alpha value is -1.95. The highest BCUT2D eigenvalue weighted by Gasteiger charge is 2.23. The summed E-state index contributed by atoms with van der Waals surface area (Å²) in [6, 6.07) is 1.64. The second-order valence-electron chi connectivity index (χ2n) is 4.81. The van der Waals surface area contributed by atoms with Gasteiger partial charge in [-0.1, -0.05) is 11.3 Å². The van der Waals surface area contributed by atoms with E-state index in [1.54, 1.807) is 12.3 Å². The van der Waals surface area contributed by atoms with Gasteiger partial charge in [-0.15, -0.1) is 11.3 Å². The number of sulfonamides is 1. The summed E-state index contributed by atoms with van der Waals surface area (Å²) in [5, 5.41) is 8.31. The van der Waals surface area contributed by atoms with Gasteiger partial charge in [0.05, 0.1) is 11.4 Å². The molecule has 3 aromatic rings. The fourth-order valence-electron chi connectivity index (χ4n) is 2.11. The lowest BCUT2D eigenvalue weighted by Gasteiger charge is -2.08. The smallest absolute Gasteiger partial charge is 0.256 e. The standard InChI is InChI=1S/C13H9F2N3O3S3/c1-6-4-22-12(17-6)18-10(5-23-13(18)19)7-2-8(14)11(9(15)3-7)24(16,20)21/h2-5H,1H3,(H2,16,20,21). The molecule has 2 N–H and O–H groups in total. The van der Waals surface area contributed by atoms with Gasteiger partial charge in [0.2, 0.25) is 10.0 Å². The van der Waals surface area contributed by atoms with Gasteiger partial charge in [-0.25, -0.2) is 31.9 Å². The van der Waals surface area contributed by atoms with Crippen LogP contribution >= 0.6 is 22.7 Å². The summed E-state index contributed by atoms with van der Waals surface area (Å²) in [5.41, 5.74) is 0.905. The molecule has 0 saturated carbocycles. The van der Waals surface area contributed by atoms with Crippen LogP contribution in [-0.4, -0.2) is 18.0 Å². The highest BCUT2D eigenvalue weighted by Crippen LogP contribution is 2.29. The Labute approximate surface area is 142 Å². The highest BCUT2D eigenvalue weighted by atomic mass is 32.2. The van der Waals surface area contributed by atoms with Gasteiger partial charge in [-0.05, 0) is 19.1 Å². The summed E-state index contributed by atoms with van der Waals surface area (Å²) in [4.78, 5) is 14.7. The number of rotatable bonds is 3. The lowest BCUT2D eigenvalue weighted by atomic mass is 10.1. The van der Waals surface area contributed by atoms with Gasteiger partial charge >= 0.3 is 4.87 Å². The van der Waals surface area contributed by atoms with Crippen LogP contribution in [0.3, 0.4) is 0 Å². The number of nitrogens with two attached hydrogens (primary N) is 1. The third-order valence-corrected chi connectivity index (χ3v) is 5.70. The van der Waals surface area contributed by atoms with Crippen LogP contribution in [0.1, 0.15) is 5.69 Å². The SMILES string of the molecule is Cc1csc(-n2c(-c3cc(F)c(S(N)(=O)=O)c(F)c3)csc2=O)n1. The number of primary sulfonamides is 1. The van der Waals surface area contributed by atoms with E-state index in [0.717, 1.165) is 23.5 Å². The van der Waals surface area contributed by atoms with Crippen LogP contribution in [0.15, 0.2) is 32.6 Å². The van der Waals surface area contributed by atoms with E-state index in [0.29, 0.717) is 10.8 Å². The van der Waals surface area contributed by atoms with E-state index in [9.17, 15) is 22.0 Å². The largest absolute Gasteiger partial charge is 0.313 e. The first-order chi connectivity index (χ1) is 11.2. The van der Waals surface area contributed by atoms with Gasteiger partial charge in [0.1, 0.15) is 11.6 Å². The summed E-state index contributed by atoms with van der Waals surface area (Å²) in [6.45, 7) is 1.75. The first-order valence-electron chi connectivity index (χ1n) is 6.33. The third kappa shape index (κ3) is 2.90. The lowest BCUT2D eigenvalue weighted by Crippen LogP contribution is -2.16. The van der Waals surface area contributed by atoms with Crippen molar-refractivity contribution in [2.75, 3.05) is 0 Å². The number of hydrogen-bond donors (Lipinski definition) is 1. The molecule has 0 unspecified atom stereocenters. The average Bonchev–Trinajstić information content (AvgIpc) is 3.02. The second kappa shape index (κ2) is 5.84. The van der Waals surface area contributed by atoms with E-state index in [1.807, 2.05) is 0 Å². The predicted octanol–water partition coefficient (Wildman–Crippen LogP) is 2.26. The van der Waals surface area contributed by atoms with Crippen molar-refractivity contribution in [1.82, 2.24) is 9.55 Å². The van der Waals surface area contributed by atoms with Crippen LogP contribution in [-0.2, 0) is 10.0 Å². The number of halogens is 2. The Kier molecular flexibility index (Phi) is 4.11. The fourth-order valence-corrected chi connectivity index (χ4v) is 4.39. The van der Waals surface area contributed by atoms with Crippen molar-refractivity contribution >= 4 is 32.7 Å². The highest BCUT2D eigenvalue weighted by molar-refractivity contribution is 7.89. The molecule has 0 fully saturated rings. The molecule has 0 aliphatic heterocycles. The number of aromatic nitrogens is 2. The molecule has 6 nitrogen and oxygen atoms in total. The number of benzene rings is 1. The Morgan fingerprint density at radius 3 is 2.29 bits per heavy atom. The summed E-state index contributed by atoms with van der Waals surface area (Å²) in [5.74, 6) is -2.65. The zero-order valence-corrected chi connectivity index (χ0v) is 14.4. The molecule has 0 radical (unpaired) electrons. The van der Waals surface area contributed by atoms with Crippen LogP contribution < -0.4 is 10.0 Å². The van der Waals surface area contributed by atoms with Gasteiger partial charge in [-0.2, -0.15) is 0 Å². The quantitative estimate of drug-likeness (QED) is 0.743. The molecule has 0 saturated heterocycles. The van der Waals surface area contributed by atoms with Crippen molar-refractivity contribution in [3.63, 3.8) is 0 Å². The van der Waals surface area contributed by atoms with Crippen LogP contribution in [0, 0.1) is 18.6 Å². The van der Waals surface area contributed by atoms with Gasteiger partial charge in [0.25, 0.3) is 0 Å². The van der Waals surface area contributed by atoms with Gasteiger partial charge in [0.15, 0.2) is 10.0 Å². The van der Waals surface area contributed by atoms with E-state index in [4.69, 9.17) is 5.14 Å². The van der Waals surface area contributed by atoms with Crippen LogP contribution in [0.4, 0.5) is 8.78 Å². The van der Waals surface area contributed by atoms with Crippen molar-refractivity contribution in [3.8, 4) is 16.4 Å². The third-order valence-electron chi connectivity index (χ3n) is 3.07. The molecule has 2 aromatic heterocycles. The van der Waals surface area contributed by atoms with Gasteiger partial charge in [-0.3, -0.25) is 4.79 Å². The van der Waals surface area contributed by atoms with Gasteiger partial charge in [0, 0.05) is 16.3 Å². The molecule has 0 amide bonds. The molecule has 0 bridgehead atoms. The number of thiazole rings is 2. The van der Waals surface area contributed by atoms with Crippen molar-refractivity contribution in [1.29, 1.82) is 0 Å². The Balaban J connectivity index is 2.24. The Bertz CT molecular complexity index is 1080.